The number of aromatic nitrogens is 2. The van der Waals surface area contributed by atoms with Crippen molar-refractivity contribution < 1.29 is 13.9 Å². The Bertz CT molecular complexity index is 784. The largest absolute Gasteiger partial charge is 0.497 e. The van der Waals surface area contributed by atoms with E-state index in [0.717, 1.165) is 15.6 Å². The fourth-order valence-electron chi connectivity index (χ4n) is 2.02. The Morgan fingerprint density at radius 1 is 0.909 bits per heavy atom. The quantitative estimate of drug-likeness (QED) is 0.698. The number of methoxy groups -OCH3 is 2. The average molecular weight is 361 g/mol. The number of hydrogen-bond acceptors (Lipinski definition) is 5. The highest BCUT2D eigenvalue weighted by Gasteiger charge is 2.15. The van der Waals surface area contributed by atoms with Crippen molar-refractivity contribution in [2.75, 3.05) is 14.2 Å². The molecule has 0 fully saturated rings. The van der Waals surface area contributed by atoms with Gasteiger partial charge in [0, 0.05) is 16.1 Å². The highest BCUT2D eigenvalue weighted by atomic mass is 79.9. The van der Waals surface area contributed by atoms with Crippen molar-refractivity contribution in [3.05, 3.63) is 46.9 Å². The van der Waals surface area contributed by atoms with E-state index in [1.54, 1.807) is 20.3 Å². The van der Waals surface area contributed by atoms with Crippen LogP contribution in [0.5, 0.6) is 11.5 Å². The molecule has 22 heavy (non-hydrogen) atoms. The molecule has 0 amide bonds. The van der Waals surface area contributed by atoms with Crippen molar-refractivity contribution in [1.82, 2.24) is 10.2 Å². The van der Waals surface area contributed by atoms with Gasteiger partial charge in [0.15, 0.2) is 0 Å². The summed E-state index contributed by atoms with van der Waals surface area (Å²) in [5, 5.41) is 8.19. The monoisotopic (exact) mass is 360 g/mol. The van der Waals surface area contributed by atoms with Crippen LogP contribution in [0.3, 0.4) is 0 Å². The van der Waals surface area contributed by atoms with Crippen LogP contribution in [0.4, 0.5) is 0 Å². The van der Waals surface area contributed by atoms with Crippen molar-refractivity contribution in [1.29, 1.82) is 0 Å². The Labute approximate surface area is 136 Å². The zero-order chi connectivity index (χ0) is 15.5. The van der Waals surface area contributed by atoms with E-state index in [1.165, 1.54) is 0 Å². The minimum absolute atomic E-state index is 0.400. The Morgan fingerprint density at radius 2 is 1.64 bits per heavy atom. The fraction of sp³-hybridized carbons (Fsp3) is 0.125. The molecule has 6 heteroatoms. The predicted molar refractivity (Wildman–Crippen MR) is 86.0 cm³/mol. The number of ether oxygens (including phenoxy) is 2. The van der Waals surface area contributed by atoms with Crippen molar-refractivity contribution in [2.45, 2.75) is 0 Å². The van der Waals surface area contributed by atoms with Gasteiger partial charge in [-0.2, -0.15) is 0 Å². The van der Waals surface area contributed by atoms with E-state index in [-0.39, 0.29) is 0 Å². The molecule has 0 aliphatic carbocycles. The minimum Gasteiger partial charge on any atom is -0.497 e. The molecular weight excluding hydrogens is 348 g/mol. The molecule has 3 rings (SSSR count). The third-order valence-corrected chi connectivity index (χ3v) is 3.68. The third-order valence-electron chi connectivity index (χ3n) is 3.16. The highest BCUT2D eigenvalue weighted by molar-refractivity contribution is 9.10. The van der Waals surface area contributed by atoms with Crippen LogP contribution < -0.4 is 9.47 Å². The molecule has 1 heterocycles. The second kappa shape index (κ2) is 6.19. The number of benzene rings is 2. The molecule has 2 aromatic carbocycles. The molecule has 0 saturated carbocycles. The minimum atomic E-state index is 0.400. The zero-order valence-corrected chi connectivity index (χ0v) is 13.6. The van der Waals surface area contributed by atoms with Gasteiger partial charge in [0.1, 0.15) is 11.5 Å². The van der Waals surface area contributed by atoms with Gasteiger partial charge < -0.3 is 13.9 Å². The van der Waals surface area contributed by atoms with E-state index in [2.05, 4.69) is 26.1 Å². The van der Waals surface area contributed by atoms with Crippen LogP contribution in [0.1, 0.15) is 0 Å². The number of nitrogens with zero attached hydrogens (tertiary/aromatic N) is 2. The summed E-state index contributed by atoms with van der Waals surface area (Å²) in [7, 11) is 3.19. The Morgan fingerprint density at radius 3 is 2.32 bits per heavy atom. The summed E-state index contributed by atoms with van der Waals surface area (Å²) in [5.41, 5.74) is 1.58. The molecule has 0 aliphatic rings. The molecule has 0 atom stereocenters. The van der Waals surface area contributed by atoms with Gasteiger partial charge >= 0.3 is 0 Å². The molecule has 0 N–H and O–H groups in total. The SMILES string of the molecule is COc1ccc(-c2nnc(-c3ccc(Br)cc3)o2)c(OC)c1. The third kappa shape index (κ3) is 2.82. The molecular formula is C16H13BrN2O3. The molecule has 0 radical (unpaired) electrons. The first-order chi connectivity index (χ1) is 10.7. The molecule has 3 aromatic rings. The van der Waals surface area contributed by atoms with Crippen LogP contribution in [-0.2, 0) is 0 Å². The van der Waals surface area contributed by atoms with E-state index in [1.807, 2.05) is 36.4 Å². The molecule has 0 bridgehead atoms. The standard InChI is InChI=1S/C16H13BrN2O3/c1-20-12-7-8-13(14(9-12)21-2)16-19-18-15(22-16)10-3-5-11(17)6-4-10/h3-9H,1-2H3. The first-order valence-electron chi connectivity index (χ1n) is 6.53. The molecule has 1 aromatic heterocycles. The normalized spacial score (nSPS) is 10.5. The first kappa shape index (κ1) is 14.6. The van der Waals surface area contributed by atoms with E-state index in [9.17, 15) is 0 Å². The van der Waals surface area contributed by atoms with Crippen molar-refractivity contribution in [2.24, 2.45) is 0 Å². The van der Waals surface area contributed by atoms with Crippen LogP contribution in [0.25, 0.3) is 22.9 Å². The van der Waals surface area contributed by atoms with Crippen molar-refractivity contribution in [3.8, 4) is 34.4 Å². The van der Waals surface area contributed by atoms with Crippen LogP contribution in [-0.4, -0.2) is 24.4 Å². The van der Waals surface area contributed by atoms with E-state index < -0.39 is 0 Å². The predicted octanol–water partition coefficient (Wildman–Crippen LogP) is 4.18. The summed E-state index contributed by atoms with van der Waals surface area (Å²) in [6.07, 6.45) is 0. The molecule has 112 valence electrons. The number of halogens is 1. The lowest BCUT2D eigenvalue weighted by molar-refractivity contribution is 0.394. The summed E-state index contributed by atoms with van der Waals surface area (Å²) in [4.78, 5) is 0. The van der Waals surface area contributed by atoms with Crippen molar-refractivity contribution >= 4 is 15.9 Å². The zero-order valence-electron chi connectivity index (χ0n) is 12.0. The molecule has 5 nitrogen and oxygen atoms in total. The topological polar surface area (TPSA) is 57.4 Å². The Hall–Kier alpha value is -2.34. The summed E-state index contributed by atoms with van der Waals surface area (Å²) in [5.74, 6) is 2.18. The van der Waals surface area contributed by atoms with E-state index >= 15 is 0 Å². The smallest absolute Gasteiger partial charge is 0.251 e. The molecule has 0 spiro atoms. The Kier molecular flexibility index (Phi) is 4.11. The average Bonchev–Trinajstić information content (AvgIpc) is 3.04. The van der Waals surface area contributed by atoms with Crippen molar-refractivity contribution in [3.63, 3.8) is 0 Å². The highest BCUT2D eigenvalue weighted by Crippen LogP contribution is 2.33. The van der Waals surface area contributed by atoms with Crippen LogP contribution >= 0.6 is 15.9 Å². The van der Waals surface area contributed by atoms with Gasteiger partial charge in [-0.15, -0.1) is 10.2 Å². The van der Waals surface area contributed by atoms with Crippen LogP contribution in [0, 0.1) is 0 Å². The summed E-state index contributed by atoms with van der Waals surface area (Å²) >= 11 is 3.40. The number of rotatable bonds is 4. The van der Waals surface area contributed by atoms with E-state index in [0.29, 0.717) is 23.3 Å². The van der Waals surface area contributed by atoms with Gasteiger partial charge in [-0.3, -0.25) is 0 Å². The van der Waals surface area contributed by atoms with Gasteiger partial charge in [0.2, 0.25) is 5.89 Å². The summed E-state index contributed by atoms with van der Waals surface area (Å²) in [6, 6.07) is 13.1. The number of hydrogen-bond donors (Lipinski definition) is 0. The maximum Gasteiger partial charge on any atom is 0.251 e. The molecule has 0 saturated heterocycles. The maximum atomic E-state index is 5.75. The van der Waals surface area contributed by atoms with E-state index in [4.69, 9.17) is 13.9 Å². The lowest BCUT2D eigenvalue weighted by Crippen LogP contribution is -1.90. The first-order valence-corrected chi connectivity index (χ1v) is 7.32. The lowest BCUT2D eigenvalue weighted by Gasteiger charge is -2.07. The molecule has 0 unspecified atom stereocenters. The summed E-state index contributed by atoms with van der Waals surface area (Å²) in [6.45, 7) is 0. The second-order valence-corrected chi connectivity index (χ2v) is 5.40. The second-order valence-electron chi connectivity index (χ2n) is 4.49. The molecule has 0 aliphatic heterocycles. The summed E-state index contributed by atoms with van der Waals surface area (Å²) < 4.78 is 17.3. The van der Waals surface area contributed by atoms with Gasteiger partial charge in [0.25, 0.3) is 5.89 Å². The van der Waals surface area contributed by atoms with Crippen LogP contribution in [0.15, 0.2) is 51.4 Å². The van der Waals surface area contributed by atoms with Gasteiger partial charge in [-0.05, 0) is 36.4 Å². The lowest BCUT2D eigenvalue weighted by atomic mass is 10.2. The van der Waals surface area contributed by atoms with Gasteiger partial charge in [-0.25, -0.2) is 0 Å². The van der Waals surface area contributed by atoms with Gasteiger partial charge in [-0.1, -0.05) is 15.9 Å². The maximum absolute atomic E-state index is 5.75. The van der Waals surface area contributed by atoms with Crippen LogP contribution in [0.2, 0.25) is 0 Å². The Balaban J connectivity index is 1.98. The van der Waals surface area contributed by atoms with Gasteiger partial charge in [0.05, 0.1) is 19.8 Å². The fourth-order valence-corrected chi connectivity index (χ4v) is 2.28.